The van der Waals surface area contributed by atoms with Crippen LogP contribution in [0.3, 0.4) is 0 Å². The molecule has 0 bridgehead atoms. The minimum Gasteiger partial charge on any atom is -0.489 e. The molecule has 144 valence electrons. The standard InChI is InChI=1S/C22H26INO3/c1-22(2,3)27-21(25)24-18-13-19(26-14-15-9-5-4-6-10-15)16-11-7-8-12-17(16)20(18)23/h4-6,9-10,13H,7-8,11-12,14H2,1-3H3,(H,24,25). The topological polar surface area (TPSA) is 47.6 Å². The maximum absolute atomic E-state index is 12.3. The van der Waals surface area contributed by atoms with Crippen molar-refractivity contribution in [3.05, 3.63) is 56.7 Å². The SMILES string of the molecule is CC(C)(C)OC(=O)Nc1cc(OCc2ccccc2)c2c(c1I)CCCC2. The number of ether oxygens (including phenoxy) is 2. The summed E-state index contributed by atoms with van der Waals surface area (Å²) in [6.07, 6.45) is 3.92. The maximum Gasteiger partial charge on any atom is 0.412 e. The second kappa shape index (κ2) is 8.50. The lowest BCUT2D eigenvalue weighted by Gasteiger charge is -2.24. The van der Waals surface area contributed by atoms with Gasteiger partial charge in [-0.1, -0.05) is 30.3 Å². The fraction of sp³-hybridized carbons (Fsp3) is 0.409. The third kappa shape index (κ3) is 5.37. The highest BCUT2D eigenvalue weighted by molar-refractivity contribution is 14.1. The number of amides is 1. The highest BCUT2D eigenvalue weighted by atomic mass is 127. The Balaban J connectivity index is 1.86. The van der Waals surface area contributed by atoms with Crippen LogP contribution < -0.4 is 10.1 Å². The van der Waals surface area contributed by atoms with Crippen LogP contribution in [0.25, 0.3) is 0 Å². The van der Waals surface area contributed by atoms with E-state index in [2.05, 4.69) is 40.0 Å². The molecule has 0 unspecified atom stereocenters. The molecule has 1 amide bonds. The lowest BCUT2D eigenvalue weighted by atomic mass is 9.90. The summed E-state index contributed by atoms with van der Waals surface area (Å²) in [5.74, 6) is 0.861. The normalized spacial score (nSPS) is 13.6. The van der Waals surface area contributed by atoms with Crippen molar-refractivity contribution < 1.29 is 14.3 Å². The lowest BCUT2D eigenvalue weighted by molar-refractivity contribution is 0.0636. The zero-order valence-corrected chi connectivity index (χ0v) is 18.3. The third-order valence-electron chi connectivity index (χ3n) is 4.41. The Bertz CT molecular complexity index is 813. The Morgan fingerprint density at radius 3 is 2.44 bits per heavy atom. The van der Waals surface area contributed by atoms with Crippen molar-refractivity contribution in [3.8, 4) is 5.75 Å². The monoisotopic (exact) mass is 479 g/mol. The molecule has 0 saturated heterocycles. The second-order valence-corrected chi connectivity index (χ2v) is 8.88. The van der Waals surface area contributed by atoms with E-state index in [-0.39, 0.29) is 0 Å². The molecule has 0 spiro atoms. The summed E-state index contributed by atoms with van der Waals surface area (Å²) in [5.41, 5.74) is 3.92. The zero-order valence-electron chi connectivity index (χ0n) is 16.1. The number of carbonyl (C=O) groups excluding carboxylic acids is 1. The molecule has 3 rings (SSSR count). The van der Waals surface area contributed by atoms with Gasteiger partial charge in [-0.25, -0.2) is 4.79 Å². The van der Waals surface area contributed by atoms with Crippen LogP contribution in [0, 0.1) is 3.57 Å². The predicted molar refractivity (Wildman–Crippen MR) is 116 cm³/mol. The average Bonchev–Trinajstić information content (AvgIpc) is 2.62. The molecule has 0 heterocycles. The molecular weight excluding hydrogens is 453 g/mol. The number of hydrogen-bond donors (Lipinski definition) is 1. The zero-order chi connectivity index (χ0) is 19.4. The molecule has 1 aliphatic rings. The van der Waals surface area contributed by atoms with Gasteiger partial charge in [0.25, 0.3) is 0 Å². The van der Waals surface area contributed by atoms with Crippen LogP contribution in [0.4, 0.5) is 10.5 Å². The van der Waals surface area contributed by atoms with E-state index in [0.29, 0.717) is 6.61 Å². The van der Waals surface area contributed by atoms with E-state index in [9.17, 15) is 4.79 Å². The van der Waals surface area contributed by atoms with Crippen LogP contribution in [0.2, 0.25) is 0 Å². The van der Waals surface area contributed by atoms with E-state index in [1.165, 1.54) is 17.5 Å². The molecule has 0 aliphatic heterocycles. The van der Waals surface area contributed by atoms with Gasteiger partial charge in [-0.3, -0.25) is 5.32 Å². The Morgan fingerprint density at radius 1 is 1.11 bits per heavy atom. The van der Waals surface area contributed by atoms with Crippen molar-refractivity contribution >= 4 is 34.4 Å². The van der Waals surface area contributed by atoms with Crippen molar-refractivity contribution in [1.29, 1.82) is 0 Å². The molecule has 0 fully saturated rings. The molecule has 0 saturated carbocycles. The van der Waals surface area contributed by atoms with Crippen LogP contribution in [0.5, 0.6) is 5.75 Å². The summed E-state index contributed by atoms with van der Waals surface area (Å²) in [5, 5.41) is 2.91. The highest BCUT2D eigenvalue weighted by Gasteiger charge is 2.23. The Hall–Kier alpha value is -1.76. The first-order valence-electron chi connectivity index (χ1n) is 9.34. The van der Waals surface area contributed by atoms with Crippen LogP contribution in [-0.4, -0.2) is 11.7 Å². The van der Waals surface area contributed by atoms with E-state index >= 15 is 0 Å². The summed E-state index contributed by atoms with van der Waals surface area (Å²) in [7, 11) is 0. The Morgan fingerprint density at radius 2 is 1.78 bits per heavy atom. The molecule has 1 aliphatic carbocycles. The van der Waals surface area contributed by atoms with Gasteiger partial charge in [-0.2, -0.15) is 0 Å². The van der Waals surface area contributed by atoms with Crippen molar-refractivity contribution in [1.82, 2.24) is 0 Å². The van der Waals surface area contributed by atoms with E-state index in [1.54, 1.807) is 0 Å². The molecule has 0 radical (unpaired) electrons. The highest BCUT2D eigenvalue weighted by Crippen LogP contribution is 2.38. The number of nitrogens with one attached hydrogen (secondary N) is 1. The van der Waals surface area contributed by atoms with Crippen molar-refractivity contribution in [2.45, 2.75) is 58.7 Å². The fourth-order valence-corrected chi connectivity index (χ4v) is 4.12. The molecule has 2 aromatic rings. The molecule has 0 aromatic heterocycles. The van der Waals surface area contributed by atoms with E-state index < -0.39 is 11.7 Å². The van der Waals surface area contributed by atoms with Gasteiger partial charge >= 0.3 is 6.09 Å². The summed E-state index contributed by atoms with van der Waals surface area (Å²) in [6, 6.07) is 12.1. The van der Waals surface area contributed by atoms with E-state index in [0.717, 1.165) is 39.8 Å². The van der Waals surface area contributed by atoms with Gasteiger partial charge in [0.15, 0.2) is 0 Å². The molecule has 27 heavy (non-hydrogen) atoms. The maximum atomic E-state index is 12.3. The van der Waals surface area contributed by atoms with Crippen molar-refractivity contribution in [2.75, 3.05) is 5.32 Å². The second-order valence-electron chi connectivity index (χ2n) is 7.80. The number of hydrogen-bond acceptors (Lipinski definition) is 3. The van der Waals surface area contributed by atoms with E-state index in [1.807, 2.05) is 45.0 Å². The summed E-state index contributed by atoms with van der Waals surface area (Å²) >= 11 is 2.33. The quantitative estimate of drug-likeness (QED) is 0.540. The molecule has 5 heteroatoms. The van der Waals surface area contributed by atoms with Gasteiger partial charge in [0.05, 0.1) is 5.69 Å². The number of carbonyl (C=O) groups is 1. The lowest BCUT2D eigenvalue weighted by Crippen LogP contribution is -2.27. The van der Waals surface area contributed by atoms with E-state index in [4.69, 9.17) is 9.47 Å². The number of fused-ring (bicyclic) bond motifs is 1. The molecular formula is C22H26INO3. The van der Waals surface area contributed by atoms with Crippen LogP contribution in [0.15, 0.2) is 36.4 Å². The minimum atomic E-state index is -0.531. The number of halogens is 1. The van der Waals surface area contributed by atoms with Gasteiger partial charge < -0.3 is 9.47 Å². The Kier molecular flexibility index (Phi) is 6.29. The number of anilines is 1. The van der Waals surface area contributed by atoms with Crippen molar-refractivity contribution in [2.24, 2.45) is 0 Å². The van der Waals surface area contributed by atoms with Gasteiger partial charge in [0.1, 0.15) is 18.0 Å². The first kappa shape index (κ1) is 20.0. The number of rotatable bonds is 4. The molecule has 1 N–H and O–H groups in total. The van der Waals surface area contributed by atoms with Gasteiger partial charge in [-0.15, -0.1) is 0 Å². The van der Waals surface area contributed by atoms with Crippen molar-refractivity contribution in [3.63, 3.8) is 0 Å². The predicted octanol–water partition coefficient (Wildman–Crippen LogP) is 6.10. The largest absolute Gasteiger partial charge is 0.489 e. The van der Waals surface area contributed by atoms with Crippen LogP contribution in [0.1, 0.15) is 50.3 Å². The molecule has 2 aromatic carbocycles. The summed E-state index contributed by atoms with van der Waals surface area (Å²) in [6.45, 7) is 6.09. The van der Waals surface area contributed by atoms with Gasteiger partial charge in [-0.05, 0) is 85.7 Å². The molecule has 4 nitrogen and oxygen atoms in total. The average molecular weight is 479 g/mol. The van der Waals surface area contributed by atoms with Gasteiger partial charge in [0, 0.05) is 9.64 Å². The molecule has 0 atom stereocenters. The summed E-state index contributed by atoms with van der Waals surface area (Å²) < 4.78 is 12.7. The Labute approximate surface area is 174 Å². The first-order valence-corrected chi connectivity index (χ1v) is 10.4. The fourth-order valence-electron chi connectivity index (χ4n) is 3.23. The summed E-state index contributed by atoms with van der Waals surface area (Å²) in [4.78, 5) is 12.3. The van der Waals surface area contributed by atoms with Crippen LogP contribution in [-0.2, 0) is 24.2 Å². The number of benzene rings is 2. The van der Waals surface area contributed by atoms with Gasteiger partial charge in [0.2, 0.25) is 0 Å². The minimum absolute atomic E-state index is 0.440. The van der Waals surface area contributed by atoms with Crippen LogP contribution >= 0.6 is 22.6 Å². The smallest absolute Gasteiger partial charge is 0.412 e. The third-order valence-corrected chi connectivity index (χ3v) is 5.65. The first-order chi connectivity index (χ1) is 12.8.